The van der Waals surface area contributed by atoms with Crippen LogP contribution in [0, 0.1) is 0 Å². The van der Waals surface area contributed by atoms with E-state index < -0.39 is 0 Å². The number of amides is 2. The SMILES string of the molecule is C[C@@H]1C[NH+](CC(=O)Nc2ccccc2C(=O)Nc2ccc(Cl)cc2)C[C@H](C)O1. The summed E-state index contributed by atoms with van der Waals surface area (Å²) in [5.74, 6) is -0.415. The van der Waals surface area contributed by atoms with E-state index in [0.29, 0.717) is 28.5 Å². The fraction of sp³-hybridized carbons (Fsp3) is 0.333. The molecule has 1 aliphatic rings. The average Bonchev–Trinajstić information content (AvgIpc) is 2.63. The van der Waals surface area contributed by atoms with Crippen LogP contribution in [-0.2, 0) is 9.53 Å². The predicted octanol–water partition coefficient (Wildman–Crippen LogP) is 2.22. The minimum absolute atomic E-state index is 0.122. The molecule has 2 amide bonds. The maximum Gasteiger partial charge on any atom is 0.279 e. The van der Waals surface area contributed by atoms with Crippen molar-refractivity contribution in [3.05, 3.63) is 59.1 Å². The molecule has 6 nitrogen and oxygen atoms in total. The van der Waals surface area contributed by atoms with E-state index in [1.165, 1.54) is 4.90 Å². The van der Waals surface area contributed by atoms with Crippen LogP contribution >= 0.6 is 11.6 Å². The summed E-state index contributed by atoms with van der Waals surface area (Å²) >= 11 is 5.88. The first-order chi connectivity index (χ1) is 13.4. The molecule has 2 aromatic carbocycles. The quantitative estimate of drug-likeness (QED) is 0.718. The highest BCUT2D eigenvalue weighted by Crippen LogP contribution is 2.18. The zero-order valence-corrected chi connectivity index (χ0v) is 16.8. The van der Waals surface area contributed by atoms with Gasteiger partial charge in [-0.3, -0.25) is 9.59 Å². The van der Waals surface area contributed by atoms with Crippen molar-refractivity contribution in [2.75, 3.05) is 30.3 Å². The molecule has 0 saturated carbocycles. The minimum atomic E-state index is -0.292. The first-order valence-corrected chi connectivity index (χ1v) is 9.73. The highest BCUT2D eigenvalue weighted by atomic mass is 35.5. The second-order valence-electron chi connectivity index (χ2n) is 7.15. The maximum atomic E-state index is 12.7. The molecule has 3 N–H and O–H groups in total. The molecule has 1 unspecified atom stereocenters. The van der Waals surface area contributed by atoms with Crippen molar-refractivity contribution in [1.82, 2.24) is 0 Å². The molecule has 2 aromatic rings. The van der Waals surface area contributed by atoms with Gasteiger partial charge in [0.1, 0.15) is 25.3 Å². The van der Waals surface area contributed by atoms with Crippen LogP contribution in [0.1, 0.15) is 24.2 Å². The van der Waals surface area contributed by atoms with E-state index in [0.717, 1.165) is 13.1 Å². The summed E-state index contributed by atoms with van der Waals surface area (Å²) < 4.78 is 5.72. The Balaban J connectivity index is 1.65. The second-order valence-corrected chi connectivity index (χ2v) is 7.58. The lowest BCUT2D eigenvalue weighted by molar-refractivity contribution is -0.907. The van der Waals surface area contributed by atoms with Gasteiger partial charge >= 0.3 is 0 Å². The lowest BCUT2D eigenvalue weighted by atomic mass is 10.1. The van der Waals surface area contributed by atoms with Crippen molar-refractivity contribution in [2.24, 2.45) is 0 Å². The maximum absolute atomic E-state index is 12.7. The molecule has 0 radical (unpaired) electrons. The first-order valence-electron chi connectivity index (χ1n) is 9.35. The van der Waals surface area contributed by atoms with Gasteiger partial charge in [0.2, 0.25) is 0 Å². The number of nitrogens with one attached hydrogen (secondary N) is 3. The van der Waals surface area contributed by atoms with Gasteiger partial charge in [-0.15, -0.1) is 0 Å². The van der Waals surface area contributed by atoms with Crippen LogP contribution in [-0.4, -0.2) is 43.7 Å². The van der Waals surface area contributed by atoms with Crippen LogP contribution in [0.2, 0.25) is 5.02 Å². The second kappa shape index (κ2) is 9.19. The largest absolute Gasteiger partial charge is 0.364 e. The third-order valence-corrected chi connectivity index (χ3v) is 4.83. The Labute approximate surface area is 169 Å². The van der Waals surface area contributed by atoms with Crippen molar-refractivity contribution < 1.29 is 19.2 Å². The van der Waals surface area contributed by atoms with Crippen LogP contribution < -0.4 is 15.5 Å². The molecule has 0 spiro atoms. The zero-order chi connectivity index (χ0) is 20.1. The van der Waals surface area contributed by atoms with Crippen LogP contribution in [0.25, 0.3) is 0 Å². The highest BCUT2D eigenvalue weighted by molar-refractivity contribution is 6.30. The number of quaternary nitrogens is 1. The van der Waals surface area contributed by atoms with Gasteiger partial charge in [0.15, 0.2) is 6.54 Å². The molecule has 0 aromatic heterocycles. The van der Waals surface area contributed by atoms with E-state index in [-0.39, 0.29) is 24.0 Å². The molecule has 1 aliphatic heterocycles. The van der Waals surface area contributed by atoms with Crippen molar-refractivity contribution >= 4 is 34.8 Å². The lowest BCUT2D eigenvalue weighted by Gasteiger charge is -2.31. The Hall–Kier alpha value is -2.41. The normalized spacial score (nSPS) is 21.8. The van der Waals surface area contributed by atoms with Crippen molar-refractivity contribution in [2.45, 2.75) is 26.1 Å². The smallest absolute Gasteiger partial charge is 0.279 e. The molecule has 28 heavy (non-hydrogen) atoms. The highest BCUT2D eigenvalue weighted by Gasteiger charge is 2.27. The summed E-state index contributed by atoms with van der Waals surface area (Å²) in [6.07, 6.45) is 0.257. The summed E-state index contributed by atoms with van der Waals surface area (Å²) in [6, 6.07) is 13.8. The fourth-order valence-corrected chi connectivity index (χ4v) is 3.60. The molecular formula is C21H25ClN3O3+. The van der Waals surface area contributed by atoms with E-state index in [4.69, 9.17) is 16.3 Å². The number of carbonyl (C=O) groups is 2. The summed E-state index contributed by atoms with van der Waals surface area (Å²) in [5, 5.41) is 6.30. The standard InChI is InChI=1S/C21H24ClN3O3/c1-14-11-25(12-15(2)28-14)13-20(26)24-19-6-4-3-5-18(19)21(27)23-17-9-7-16(22)8-10-17/h3-10,14-15H,11-13H2,1-2H3,(H,23,27)(H,24,26)/p+1/t14-,15+. The number of morpholine rings is 1. The Kier molecular flexibility index (Phi) is 6.67. The van der Waals surface area contributed by atoms with Gasteiger partial charge in [-0.05, 0) is 50.2 Å². The fourth-order valence-electron chi connectivity index (χ4n) is 3.48. The van der Waals surface area contributed by atoms with Gasteiger partial charge in [0.05, 0.1) is 11.3 Å². The minimum Gasteiger partial charge on any atom is -0.364 e. The third-order valence-electron chi connectivity index (χ3n) is 4.58. The number of para-hydroxylation sites is 1. The molecule has 3 rings (SSSR count). The van der Waals surface area contributed by atoms with Gasteiger partial charge in [0.25, 0.3) is 11.8 Å². The van der Waals surface area contributed by atoms with Crippen molar-refractivity contribution in [3.63, 3.8) is 0 Å². The first kappa shape index (κ1) is 20.3. The molecule has 0 aliphatic carbocycles. The van der Waals surface area contributed by atoms with Gasteiger partial charge < -0.3 is 20.3 Å². The van der Waals surface area contributed by atoms with Crippen LogP contribution in [0.3, 0.4) is 0 Å². The van der Waals surface area contributed by atoms with Crippen molar-refractivity contribution in [1.29, 1.82) is 0 Å². The number of ether oxygens (including phenoxy) is 1. The Morgan fingerprint density at radius 2 is 1.68 bits per heavy atom. The molecular weight excluding hydrogens is 378 g/mol. The van der Waals surface area contributed by atoms with E-state index in [2.05, 4.69) is 10.6 Å². The number of anilines is 2. The van der Waals surface area contributed by atoms with Gasteiger partial charge in [-0.2, -0.15) is 0 Å². The van der Waals surface area contributed by atoms with Crippen molar-refractivity contribution in [3.8, 4) is 0 Å². The lowest BCUT2D eigenvalue weighted by Crippen LogP contribution is -3.16. The summed E-state index contributed by atoms with van der Waals surface area (Å²) in [6.45, 7) is 5.95. The molecule has 7 heteroatoms. The van der Waals surface area contributed by atoms with E-state index in [1.807, 2.05) is 13.8 Å². The number of carbonyl (C=O) groups excluding carboxylic acids is 2. The number of rotatable bonds is 5. The van der Waals surface area contributed by atoms with E-state index in [1.54, 1.807) is 48.5 Å². The Bertz CT molecular complexity index is 831. The summed E-state index contributed by atoms with van der Waals surface area (Å²) in [5.41, 5.74) is 1.54. The molecule has 1 heterocycles. The average molecular weight is 403 g/mol. The number of hydrogen-bond acceptors (Lipinski definition) is 3. The molecule has 1 fully saturated rings. The topological polar surface area (TPSA) is 71.9 Å². The van der Waals surface area contributed by atoms with Gasteiger partial charge in [-0.25, -0.2) is 0 Å². The monoisotopic (exact) mass is 402 g/mol. The number of halogens is 1. The number of hydrogen-bond donors (Lipinski definition) is 3. The molecule has 1 saturated heterocycles. The molecule has 0 bridgehead atoms. The predicted molar refractivity (Wildman–Crippen MR) is 110 cm³/mol. The van der Waals surface area contributed by atoms with Gasteiger partial charge in [-0.1, -0.05) is 23.7 Å². The summed E-state index contributed by atoms with van der Waals surface area (Å²) in [4.78, 5) is 26.4. The zero-order valence-electron chi connectivity index (χ0n) is 16.0. The number of benzene rings is 2. The molecule has 3 atom stereocenters. The molecule has 148 valence electrons. The Morgan fingerprint density at radius 3 is 2.36 bits per heavy atom. The van der Waals surface area contributed by atoms with Crippen LogP contribution in [0.4, 0.5) is 11.4 Å². The summed E-state index contributed by atoms with van der Waals surface area (Å²) in [7, 11) is 0. The van der Waals surface area contributed by atoms with Crippen LogP contribution in [0.15, 0.2) is 48.5 Å². The van der Waals surface area contributed by atoms with Gasteiger partial charge in [0, 0.05) is 10.7 Å². The Morgan fingerprint density at radius 1 is 1.04 bits per heavy atom. The van der Waals surface area contributed by atoms with Crippen LogP contribution in [0.5, 0.6) is 0 Å². The van der Waals surface area contributed by atoms with E-state index >= 15 is 0 Å². The third kappa shape index (κ3) is 5.55. The van der Waals surface area contributed by atoms with E-state index in [9.17, 15) is 9.59 Å².